The lowest BCUT2D eigenvalue weighted by atomic mass is 10.0. The van der Waals surface area contributed by atoms with Gasteiger partial charge in [0.15, 0.2) is 5.58 Å². The van der Waals surface area contributed by atoms with Gasteiger partial charge in [-0.2, -0.15) is 0 Å². The number of thiophene rings is 1. The van der Waals surface area contributed by atoms with Crippen LogP contribution in [0.2, 0.25) is 0 Å². The summed E-state index contributed by atoms with van der Waals surface area (Å²) in [5.74, 6) is 0. The Morgan fingerprint density at radius 2 is 0.967 bits per heavy atom. The van der Waals surface area contributed by atoms with Crippen LogP contribution in [0.25, 0.3) is 92.2 Å². The van der Waals surface area contributed by atoms with Gasteiger partial charge < -0.3 is 13.9 Å². The molecular weight excluding hydrogens is 749 g/mol. The number of fused-ring (bicyclic) bond motifs is 7. The molecule has 9 aromatic carbocycles. The number of aromatic nitrogens is 1. The van der Waals surface area contributed by atoms with E-state index in [0.29, 0.717) is 0 Å². The van der Waals surface area contributed by atoms with Crippen LogP contribution in [-0.4, -0.2) is 4.57 Å². The Labute approximate surface area is 351 Å². The lowest BCUT2D eigenvalue weighted by Gasteiger charge is -2.27. The highest BCUT2D eigenvalue weighted by Crippen LogP contribution is 2.43. The zero-order chi connectivity index (χ0) is 39.6. The molecule has 3 aromatic heterocycles. The SMILES string of the molecule is c1ccc(-c2ccc(-c3ccc(N(c4ccc(-c5ccc6c(c5)c5ccccc5n6-c5cccc6c5oc5ccccc56)cc4)c4cccc5ccccc45)cc3)s2)cc1. The number of hydrogen-bond donors (Lipinski definition) is 0. The molecule has 0 N–H and O–H groups in total. The molecule has 0 amide bonds. The van der Waals surface area contributed by atoms with Crippen LogP contribution in [0.3, 0.4) is 0 Å². The van der Waals surface area contributed by atoms with Gasteiger partial charge in [-0.1, -0.05) is 146 Å². The number of para-hydroxylation sites is 3. The van der Waals surface area contributed by atoms with Crippen molar-refractivity contribution < 1.29 is 4.42 Å². The number of furan rings is 1. The van der Waals surface area contributed by atoms with E-state index in [0.717, 1.165) is 61.3 Å². The number of nitrogens with zero attached hydrogens (tertiary/aromatic N) is 2. The van der Waals surface area contributed by atoms with E-state index >= 15 is 0 Å². The minimum atomic E-state index is 0.898. The Hall–Kier alpha value is -7.66. The van der Waals surface area contributed by atoms with Gasteiger partial charge in [0.2, 0.25) is 0 Å². The third-order valence-corrected chi connectivity index (χ3v) is 13.0. The maximum atomic E-state index is 6.53. The standard InChI is InChI=1S/C56H36N2OS/c1-2-13-39(14-3-1)54-34-35-55(60-54)40-26-31-43(32-27-40)57(49-21-10-15-38-12-4-5-16-44(38)49)42-29-24-37(25-30-42)41-28-33-51-48(36-41)45-17-6-8-20-50(45)58(51)52-22-11-19-47-46-18-7-9-23-53(46)59-56(47)52/h1-36H. The Bertz CT molecular complexity index is 3530. The number of hydrogen-bond acceptors (Lipinski definition) is 3. The fourth-order valence-electron chi connectivity index (χ4n) is 8.98. The predicted molar refractivity (Wildman–Crippen MR) is 254 cm³/mol. The minimum Gasteiger partial charge on any atom is -0.454 e. The molecule has 0 aliphatic rings. The molecule has 3 nitrogen and oxygen atoms in total. The van der Waals surface area contributed by atoms with Gasteiger partial charge in [0.05, 0.1) is 22.4 Å². The van der Waals surface area contributed by atoms with Crippen molar-refractivity contribution in [1.29, 1.82) is 0 Å². The average molecular weight is 785 g/mol. The Kier molecular flexibility index (Phi) is 8.03. The molecule has 4 heteroatoms. The van der Waals surface area contributed by atoms with Crippen LogP contribution in [0.5, 0.6) is 0 Å². The predicted octanol–water partition coefficient (Wildman–Crippen LogP) is 16.4. The highest BCUT2D eigenvalue weighted by Gasteiger charge is 2.19. The molecule has 282 valence electrons. The van der Waals surface area contributed by atoms with Gasteiger partial charge in [-0.3, -0.25) is 0 Å². The first-order chi connectivity index (χ1) is 29.7. The molecule has 0 radical (unpaired) electrons. The summed E-state index contributed by atoms with van der Waals surface area (Å²) in [6.07, 6.45) is 0. The van der Waals surface area contributed by atoms with Crippen molar-refractivity contribution in [2.24, 2.45) is 0 Å². The maximum absolute atomic E-state index is 6.53. The number of benzene rings is 9. The van der Waals surface area contributed by atoms with Crippen LogP contribution in [0.1, 0.15) is 0 Å². The van der Waals surface area contributed by atoms with Gasteiger partial charge in [-0.15, -0.1) is 11.3 Å². The van der Waals surface area contributed by atoms with Crippen molar-refractivity contribution in [2.45, 2.75) is 0 Å². The summed E-state index contributed by atoms with van der Waals surface area (Å²) in [7, 11) is 0. The topological polar surface area (TPSA) is 21.3 Å². The molecule has 12 rings (SSSR count). The second-order valence-corrected chi connectivity index (χ2v) is 16.4. The van der Waals surface area contributed by atoms with E-state index in [-0.39, 0.29) is 0 Å². The van der Waals surface area contributed by atoms with Crippen molar-refractivity contribution in [3.8, 4) is 37.7 Å². The maximum Gasteiger partial charge on any atom is 0.159 e. The van der Waals surface area contributed by atoms with Crippen LogP contribution >= 0.6 is 11.3 Å². The van der Waals surface area contributed by atoms with Crippen LogP contribution in [0, 0.1) is 0 Å². The van der Waals surface area contributed by atoms with E-state index < -0.39 is 0 Å². The quantitative estimate of drug-likeness (QED) is 0.161. The summed E-state index contributed by atoms with van der Waals surface area (Å²) in [5, 5.41) is 7.10. The monoisotopic (exact) mass is 784 g/mol. The Morgan fingerprint density at radius 1 is 0.383 bits per heavy atom. The van der Waals surface area contributed by atoms with Crippen LogP contribution < -0.4 is 4.90 Å². The van der Waals surface area contributed by atoms with Crippen molar-refractivity contribution >= 4 is 82.9 Å². The molecule has 0 unspecified atom stereocenters. The van der Waals surface area contributed by atoms with E-state index in [1.165, 1.54) is 48.0 Å². The molecule has 3 heterocycles. The normalized spacial score (nSPS) is 11.7. The zero-order valence-corrected chi connectivity index (χ0v) is 33.3. The Balaban J connectivity index is 0.938. The number of rotatable bonds is 7. The molecule has 0 saturated carbocycles. The van der Waals surface area contributed by atoms with Crippen molar-refractivity contribution in [1.82, 2.24) is 4.57 Å². The Morgan fingerprint density at radius 3 is 1.77 bits per heavy atom. The lowest BCUT2D eigenvalue weighted by Crippen LogP contribution is -2.10. The van der Waals surface area contributed by atoms with Crippen molar-refractivity contribution in [3.63, 3.8) is 0 Å². The van der Waals surface area contributed by atoms with Gasteiger partial charge in [-0.25, -0.2) is 0 Å². The largest absolute Gasteiger partial charge is 0.454 e. The van der Waals surface area contributed by atoms with Crippen LogP contribution in [0.4, 0.5) is 17.1 Å². The summed E-state index contributed by atoms with van der Waals surface area (Å²) in [4.78, 5) is 4.92. The fourth-order valence-corrected chi connectivity index (χ4v) is 10.00. The van der Waals surface area contributed by atoms with E-state index in [1.807, 2.05) is 23.5 Å². The number of anilines is 3. The first-order valence-electron chi connectivity index (χ1n) is 20.3. The molecule has 60 heavy (non-hydrogen) atoms. The van der Waals surface area contributed by atoms with Gasteiger partial charge in [0.1, 0.15) is 5.58 Å². The third kappa shape index (κ3) is 5.65. The van der Waals surface area contributed by atoms with E-state index in [2.05, 4.69) is 216 Å². The molecule has 0 aliphatic heterocycles. The molecule has 0 saturated heterocycles. The second-order valence-electron chi connectivity index (χ2n) is 15.3. The van der Waals surface area contributed by atoms with E-state index in [9.17, 15) is 0 Å². The molecule has 0 fully saturated rings. The van der Waals surface area contributed by atoms with Crippen LogP contribution in [0.15, 0.2) is 223 Å². The van der Waals surface area contributed by atoms with Gasteiger partial charge in [0.25, 0.3) is 0 Å². The first-order valence-corrected chi connectivity index (χ1v) is 21.1. The highest BCUT2D eigenvalue weighted by atomic mass is 32.1. The minimum absolute atomic E-state index is 0.898. The van der Waals surface area contributed by atoms with Gasteiger partial charge in [-0.05, 0) is 100 Å². The molecule has 0 atom stereocenters. The summed E-state index contributed by atoms with van der Waals surface area (Å²) in [6.45, 7) is 0. The third-order valence-electron chi connectivity index (χ3n) is 11.8. The second kappa shape index (κ2) is 14.0. The van der Waals surface area contributed by atoms with Crippen LogP contribution in [-0.2, 0) is 0 Å². The molecule has 0 bridgehead atoms. The average Bonchev–Trinajstić information content (AvgIpc) is 4.05. The zero-order valence-electron chi connectivity index (χ0n) is 32.5. The van der Waals surface area contributed by atoms with E-state index in [4.69, 9.17) is 4.42 Å². The van der Waals surface area contributed by atoms with Gasteiger partial charge >= 0.3 is 0 Å². The summed E-state index contributed by atoms with van der Waals surface area (Å²) in [5.41, 5.74) is 13.3. The fraction of sp³-hybridized carbons (Fsp3) is 0. The highest BCUT2D eigenvalue weighted by molar-refractivity contribution is 7.18. The summed E-state index contributed by atoms with van der Waals surface area (Å²) >= 11 is 1.83. The molecule has 0 spiro atoms. The molecular formula is C56H36N2OS. The first kappa shape index (κ1) is 34.4. The molecule has 12 aromatic rings. The van der Waals surface area contributed by atoms with Crippen molar-refractivity contribution in [3.05, 3.63) is 218 Å². The summed E-state index contributed by atoms with van der Waals surface area (Å²) < 4.78 is 8.89. The smallest absolute Gasteiger partial charge is 0.159 e. The van der Waals surface area contributed by atoms with Crippen molar-refractivity contribution in [2.75, 3.05) is 4.90 Å². The lowest BCUT2D eigenvalue weighted by molar-refractivity contribution is 0.666. The van der Waals surface area contributed by atoms with E-state index in [1.54, 1.807) is 0 Å². The van der Waals surface area contributed by atoms with Gasteiger partial charge in [0, 0.05) is 48.1 Å². The summed E-state index contributed by atoms with van der Waals surface area (Å²) in [6, 6.07) is 78.6. The molecule has 0 aliphatic carbocycles.